The highest BCUT2D eigenvalue weighted by Crippen LogP contribution is 2.24. The monoisotopic (exact) mass is 199 g/mol. The summed E-state index contributed by atoms with van der Waals surface area (Å²) in [7, 11) is 0. The number of nitrogens with zero attached hydrogens (tertiary/aromatic N) is 2. The van der Waals surface area contributed by atoms with Gasteiger partial charge in [0.15, 0.2) is 0 Å². The van der Waals surface area contributed by atoms with E-state index < -0.39 is 6.03 Å². The molecule has 1 aliphatic heterocycles. The molecule has 74 valence electrons. The molecule has 0 fully saturated rings. The van der Waals surface area contributed by atoms with Crippen molar-refractivity contribution in [2.24, 2.45) is 5.73 Å². The quantitative estimate of drug-likeness (QED) is 0.601. The lowest BCUT2D eigenvalue weighted by molar-refractivity contribution is 0.231. The summed E-state index contributed by atoms with van der Waals surface area (Å²) < 4.78 is 0. The van der Waals surface area contributed by atoms with Crippen LogP contribution in [-0.4, -0.2) is 22.5 Å². The lowest BCUT2D eigenvalue weighted by Gasteiger charge is -2.14. The number of pyridine rings is 1. The fourth-order valence-corrected chi connectivity index (χ4v) is 2.06. The molecule has 1 aromatic heterocycles. The van der Waals surface area contributed by atoms with Crippen LogP contribution in [0.15, 0.2) is 30.1 Å². The number of hydrogen-bond donors (Lipinski definition) is 1. The van der Waals surface area contributed by atoms with Gasteiger partial charge in [-0.2, -0.15) is 0 Å². The first kappa shape index (κ1) is 8.23. The molecular formula is C11H9N3O. The Labute approximate surface area is 86.0 Å². The molecule has 2 heterocycles. The van der Waals surface area contributed by atoms with Gasteiger partial charge < -0.3 is 5.73 Å². The van der Waals surface area contributed by atoms with Crippen molar-refractivity contribution in [1.82, 2.24) is 9.88 Å². The first-order chi connectivity index (χ1) is 7.27. The smallest absolute Gasteiger partial charge is 0.319 e. The van der Waals surface area contributed by atoms with Crippen molar-refractivity contribution in [3.63, 3.8) is 0 Å². The molecule has 0 radical (unpaired) electrons. The maximum Gasteiger partial charge on any atom is 0.319 e. The Bertz CT molecular complexity index is 601. The van der Waals surface area contributed by atoms with Gasteiger partial charge in [-0.1, -0.05) is 6.08 Å². The molecule has 0 bridgehead atoms. The van der Waals surface area contributed by atoms with Crippen LogP contribution in [0.3, 0.4) is 0 Å². The van der Waals surface area contributed by atoms with Gasteiger partial charge in [-0.25, -0.2) is 4.79 Å². The van der Waals surface area contributed by atoms with Gasteiger partial charge in [-0.3, -0.25) is 9.88 Å². The number of aromatic nitrogens is 1. The SMILES string of the molecule is NC(=O)N1CC=C2C=c3ccncc3=C21. The van der Waals surface area contributed by atoms with Crippen molar-refractivity contribution < 1.29 is 4.79 Å². The number of fused-ring (bicyclic) bond motifs is 2. The summed E-state index contributed by atoms with van der Waals surface area (Å²) in [6.07, 6.45) is 7.56. The van der Waals surface area contributed by atoms with E-state index in [4.69, 9.17) is 5.73 Å². The summed E-state index contributed by atoms with van der Waals surface area (Å²) in [5.41, 5.74) is 7.27. The van der Waals surface area contributed by atoms with Crippen LogP contribution in [0.5, 0.6) is 0 Å². The topological polar surface area (TPSA) is 59.2 Å². The third-order valence-electron chi connectivity index (χ3n) is 2.72. The summed E-state index contributed by atoms with van der Waals surface area (Å²) in [6, 6.07) is 1.52. The molecule has 2 amide bonds. The molecule has 1 aromatic rings. The molecule has 0 saturated carbocycles. The standard InChI is InChI=1S/C11H9N3O/c12-11(15)14-4-2-8-5-7-1-3-13-6-9(7)10(8)14/h1-3,5-6H,4H2,(H2,12,15). The Balaban J connectivity index is 2.34. The molecule has 4 nitrogen and oxygen atoms in total. The molecule has 0 saturated heterocycles. The third kappa shape index (κ3) is 1.01. The maximum atomic E-state index is 11.2. The average molecular weight is 199 g/mol. The van der Waals surface area contributed by atoms with Gasteiger partial charge in [-0.15, -0.1) is 0 Å². The molecule has 3 rings (SSSR count). The Morgan fingerprint density at radius 3 is 3.20 bits per heavy atom. The van der Waals surface area contributed by atoms with E-state index in [1.807, 2.05) is 12.1 Å². The van der Waals surface area contributed by atoms with Crippen molar-refractivity contribution in [2.45, 2.75) is 0 Å². The zero-order chi connectivity index (χ0) is 10.4. The molecule has 4 heteroatoms. The van der Waals surface area contributed by atoms with Crippen LogP contribution >= 0.6 is 0 Å². The van der Waals surface area contributed by atoms with Crippen LogP contribution in [-0.2, 0) is 0 Å². The predicted molar refractivity (Wildman–Crippen MR) is 55.7 cm³/mol. The molecule has 2 N–H and O–H groups in total. The highest BCUT2D eigenvalue weighted by molar-refractivity contribution is 5.92. The number of hydrogen-bond acceptors (Lipinski definition) is 2. The second-order valence-electron chi connectivity index (χ2n) is 3.56. The highest BCUT2D eigenvalue weighted by Gasteiger charge is 2.25. The second-order valence-corrected chi connectivity index (χ2v) is 3.56. The zero-order valence-corrected chi connectivity index (χ0v) is 7.97. The number of urea groups is 1. The van der Waals surface area contributed by atoms with Gasteiger partial charge >= 0.3 is 6.03 Å². The molecule has 0 spiro atoms. The van der Waals surface area contributed by atoms with Crippen LogP contribution in [0.25, 0.3) is 11.8 Å². The highest BCUT2D eigenvalue weighted by atomic mass is 16.2. The molecular weight excluding hydrogens is 190 g/mol. The van der Waals surface area contributed by atoms with E-state index in [-0.39, 0.29) is 0 Å². The molecule has 0 unspecified atom stereocenters. The zero-order valence-electron chi connectivity index (χ0n) is 7.97. The number of carbonyl (C=O) groups excluding carboxylic acids is 1. The van der Waals surface area contributed by atoms with E-state index in [1.165, 1.54) is 0 Å². The van der Waals surface area contributed by atoms with Gasteiger partial charge in [0, 0.05) is 24.2 Å². The van der Waals surface area contributed by atoms with Crippen molar-refractivity contribution in [2.75, 3.05) is 6.54 Å². The van der Waals surface area contributed by atoms with Gasteiger partial charge in [-0.05, 0) is 22.9 Å². The van der Waals surface area contributed by atoms with E-state index in [1.54, 1.807) is 17.3 Å². The van der Waals surface area contributed by atoms with E-state index in [0.717, 1.165) is 21.7 Å². The van der Waals surface area contributed by atoms with E-state index >= 15 is 0 Å². The first-order valence-electron chi connectivity index (χ1n) is 4.71. The fourth-order valence-electron chi connectivity index (χ4n) is 2.06. The minimum absolute atomic E-state index is 0.415. The average Bonchev–Trinajstić information content (AvgIpc) is 2.74. The molecule has 1 aliphatic carbocycles. The first-order valence-corrected chi connectivity index (χ1v) is 4.71. The minimum atomic E-state index is -0.415. The van der Waals surface area contributed by atoms with E-state index in [2.05, 4.69) is 11.1 Å². The Morgan fingerprint density at radius 2 is 2.40 bits per heavy atom. The summed E-state index contributed by atoms with van der Waals surface area (Å²) in [5, 5.41) is 2.08. The summed E-state index contributed by atoms with van der Waals surface area (Å²) in [4.78, 5) is 16.8. The Hall–Kier alpha value is -2.10. The largest absolute Gasteiger partial charge is 0.351 e. The number of primary amides is 1. The van der Waals surface area contributed by atoms with E-state index in [0.29, 0.717) is 6.54 Å². The summed E-state index contributed by atoms with van der Waals surface area (Å²) in [6.45, 7) is 0.560. The normalized spacial score (nSPS) is 16.9. The Kier molecular flexibility index (Phi) is 1.48. The van der Waals surface area contributed by atoms with Crippen molar-refractivity contribution in [3.05, 3.63) is 40.5 Å². The summed E-state index contributed by atoms with van der Waals surface area (Å²) in [5.74, 6) is 0. The maximum absolute atomic E-state index is 11.2. The van der Waals surface area contributed by atoms with Crippen LogP contribution in [0, 0.1) is 0 Å². The van der Waals surface area contributed by atoms with Gasteiger partial charge in [0.25, 0.3) is 0 Å². The number of carbonyl (C=O) groups is 1. The lowest BCUT2D eigenvalue weighted by Crippen LogP contribution is -2.36. The lowest BCUT2D eigenvalue weighted by atomic mass is 10.2. The molecule has 0 atom stereocenters. The van der Waals surface area contributed by atoms with Gasteiger partial charge in [0.2, 0.25) is 0 Å². The van der Waals surface area contributed by atoms with E-state index in [9.17, 15) is 4.79 Å². The van der Waals surface area contributed by atoms with Crippen LogP contribution in [0.1, 0.15) is 0 Å². The van der Waals surface area contributed by atoms with Crippen molar-refractivity contribution in [3.8, 4) is 0 Å². The predicted octanol–water partition coefficient (Wildman–Crippen LogP) is -0.695. The summed E-state index contributed by atoms with van der Waals surface area (Å²) >= 11 is 0. The van der Waals surface area contributed by atoms with Crippen molar-refractivity contribution in [1.29, 1.82) is 0 Å². The minimum Gasteiger partial charge on any atom is -0.351 e. The van der Waals surface area contributed by atoms with Crippen LogP contribution < -0.4 is 16.2 Å². The van der Waals surface area contributed by atoms with Gasteiger partial charge in [0.1, 0.15) is 0 Å². The number of amides is 2. The molecule has 2 aliphatic rings. The Morgan fingerprint density at radius 1 is 1.53 bits per heavy atom. The van der Waals surface area contributed by atoms with Gasteiger partial charge in [0.05, 0.1) is 5.70 Å². The number of nitrogens with two attached hydrogens (primary N) is 1. The fraction of sp³-hybridized carbons (Fsp3) is 0.0909. The third-order valence-corrected chi connectivity index (χ3v) is 2.72. The molecule has 15 heavy (non-hydrogen) atoms. The van der Waals surface area contributed by atoms with Crippen molar-refractivity contribution >= 4 is 17.8 Å². The van der Waals surface area contributed by atoms with Crippen LogP contribution in [0.4, 0.5) is 4.79 Å². The van der Waals surface area contributed by atoms with Crippen LogP contribution in [0.2, 0.25) is 0 Å². The molecule has 0 aromatic carbocycles. The second kappa shape index (κ2) is 2.70. The number of rotatable bonds is 0.